The molecule has 3 aromatic rings. The summed E-state index contributed by atoms with van der Waals surface area (Å²) in [5, 5.41) is 0.665. The van der Waals surface area contributed by atoms with Gasteiger partial charge >= 0.3 is 5.97 Å². The molecular formula is C32H32ClN2O2+. The number of rotatable bonds is 5. The van der Waals surface area contributed by atoms with Crippen molar-refractivity contribution in [3.05, 3.63) is 94.0 Å². The van der Waals surface area contributed by atoms with Crippen LogP contribution < -0.4 is 9.64 Å². The van der Waals surface area contributed by atoms with Gasteiger partial charge in [0.05, 0.1) is 11.8 Å². The van der Waals surface area contributed by atoms with Crippen LogP contribution in [0.25, 0.3) is 6.08 Å². The molecule has 3 aliphatic rings. The Hall–Kier alpha value is -3.37. The van der Waals surface area contributed by atoms with Crippen molar-refractivity contribution in [2.24, 2.45) is 0 Å². The summed E-state index contributed by atoms with van der Waals surface area (Å²) < 4.78 is 7.89. The number of hydrogen-bond donors (Lipinski definition) is 0. The number of aryl methyl sites for hydroxylation is 2. The van der Waals surface area contributed by atoms with Gasteiger partial charge in [-0.1, -0.05) is 29.8 Å². The standard InChI is InChI=1S/C32H32ClN2O2/c1-32(21-30(36)37-26-10-4-3-5-11-26)27-20-25(33)13-14-28(27)34(2)29(32)15-12-22-18-23-8-6-16-35-17-7-9-24(19-22)31(23)35/h3-5,10-15,18-20H,6-9,16-17,21H2,1-2H3/q+1. The van der Waals surface area contributed by atoms with E-state index in [1.54, 1.807) is 12.1 Å². The van der Waals surface area contributed by atoms with Crippen LogP contribution in [0.15, 0.2) is 66.7 Å². The molecule has 0 aromatic heterocycles. The molecule has 0 amide bonds. The minimum atomic E-state index is -0.573. The number of esters is 1. The molecule has 3 aliphatic heterocycles. The lowest BCUT2D eigenvalue weighted by Crippen LogP contribution is -2.35. The highest BCUT2D eigenvalue weighted by molar-refractivity contribution is 6.30. The van der Waals surface area contributed by atoms with Gasteiger partial charge in [-0.25, -0.2) is 0 Å². The molecule has 0 N–H and O–H groups in total. The molecule has 0 saturated carbocycles. The maximum Gasteiger partial charge on any atom is 0.312 e. The van der Waals surface area contributed by atoms with E-state index in [9.17, 15) is 4.79 Å². The predicted octanol–water partition coefficient (Wildman–Crippen LogP) is 6.73. The SMILES string of the molecule is C[N+]1=C(C=Cc2cc3c4c(c2)CCCN4CCC3)C(C)(CC(=O)Oc2ccccc2)c2cc(Cl)ccc21. The smallest absolute Gasteiger partial charge is 0.312 e. The molecule has 5 heteroatoms. The summed E-state index contributed by atoms with van der Waals surface area (Å²) in [6.07, 6.45) is 9.33. The fraction of sp³-hybridized carbons (Fsp3) is 0.312. The molecule has 3 aromatic carbocycles. The Morgan fingerprint density at radius 3 is 2.43 bits per heavy atom. The maximum absolute atomic E-state index is 13.2. The molecule has 37 heavy (non-hydrogen) atoms. The lowest BCUT2D eigenvalue weighted by atomic mass is 9.76. The molecule has 0 spiro atoms. The van der Waals surface area contributed by atoms with Crippen molar-refractivity contribution in [3.63, 3.8) is 0 Å². The quantitative estimate of drug-likeness (QED) is 0.216. The molecule has 0 fully saturated rings. The number of hydrogen-bond acceptors (Lipinski definition) is 3. The van der Waals surface area contributed by atoms with Crippen molar-refractivity contribution in [1.29, 1.82) is 0 Å². The van der Waals surface area contributed by atoms with E-state index in [1.807, 2.05) is 36.4 Å². The molecule has 6 rings (SSSR count). The molecule has 1 unspecified atom stereocenters. The Morgan fingerprint density at radius 1 is 1.03 bits per heavy atom. The van der Waals surface area contributed by atoms with Crippen molar-refractivity contribution in [2.45, 2.75) is 44.4 Å². The number of ether oxygens (including phenoxy) is 1. The first-order valence-electron chi connectivity index (χ1n) is 13.2. The topological polar surface area (TPSA) is 32.5 Å². The van der Waals surface area contributed by atoms with Crippen LogP contribution in [-0.4, -0.2) is 36.4 Å². The van der Waals surface area contributed by atoms with E-state index in [4.69, 9.17) is 16.3 Å². The fourth-order valence-electron chi connectivity index (χ4n) is 6.41. The van der Waals surface area contributed by atoms with Gasteiger partial charge in [-0.15, -0.1) is 0 Å². The summed E-state index contributed by atoms with van der Waals surface area (Å²) in [4.78, 5) is 15.7. The van der Waals surface area contributed by atoms with E-state index in [1.165, 1.54) is 48.3 Å². The zero-order chi connectivity index (χ0) is 25.6. The maximum atomic E-state index is 13.2. The zero-order valence-electron chi connectivity index (χ0n) is 21.5. The number of benzene rings is 3. The molecule has 0 bridgehead atoms. The molecule has 0 saturated heterocycles. The van der Waals surface area contributed by atoms with E-state index >= 15 is 0 Å². The Morgan fingerprint density at radius 2 is 1.73 bits per heavy atom. The molecule has 4 nitrogen and oxygen atoms in total. The second kappa shape index (κ2) is 9.50. The predicted molar refractivity (Wildman–Crippen MR) is 151 cm³/mol. The van der Waals surface area contributed by atoms with Crippen molar-refractivity contribution < 1.29 is 14.1 Å². The second-order valence-electron chi connectivity index (χ2n) is 10.6. The average Bonchev–Trinajstić information content (AvgIpc) is 3.08. The molecule has 3 heterocycles. The van der Waals surface area contributed by atoms with Crippen molar-refractivity contribution in [3.8, 4) is 5.75 Å². The number of fused-ring (bicyclic) bond motifs is 1. The summed E-state index contributed by atoms with van der Waals surface area (Å²) in [5.41, 5.74) is 8.24. The molecule has 1 atom stereocenters. The van der Waals surface area contributed by atoms with Gasteiger partial charge in [0.25, 0.3) is 0 Å². The van der Waals surface area contributed by atoms with Gasteiger partial charge in [0.15, 0.2) is 5.71 Å². The highest BCUT2D eigenvalue weighted by Gasteiger charge is 2.48. The van der Waals surface area contributed by atoms with Crippen molar-refractivity contribution in [1.82, 2.24) is 0 Å². The number of carbonyl (C=O) groups is 1. The largest absolute Gasteiger partial charge is 0.426 e. The van der Waals surface area contributed by atoms with E-state index < -0.39 is 5.41 Å². The first kappa shape index (κ1) is 24.0. The Labute approximate surface area is 223 Å². The van der Waals surface area contributed by atoms with E-state index in [-0.39, 0.29) is 12.4 Å². The summed E-state index contributed by atoms with van der Waals surface area (Å²) in [7, 11) is 2.06. The zero-order valence-corrected chi connectivity index (χ0v) is 22.2. The van der Waals surface area contributed by atoms with Crippen molar-refractivity contribution in [2.75, 3.05) is 25.0 Å². The number of nitrogens with zero attached hydrogens (tertiary/aromatic N) is 2. The minimum Gasteiger partial charge on any atom is -0.426 e. The third-order valence-electron chi connectivity index (χ3n) is 8.10. The van der Waals surface area contributed by atoms with Crippen LogP contribution in [0.5, 0.6) is 5.75 Å². The molecule has 188 valence electrons. The fourth-order valence-corrected chi connectivity index (χ4v) is 6.58. The number of anilines is 1. The van der Waals surface area contributed by atoms with Gasteiger partial charge in [0.2, 0.25) is 5.69 Å². The summed E-state index contributed by atoms with van der Waals surface area (Å²) >= 11 is 6.44. The van der Waals surface area contributed by atoms with E-state index in [0.717, 1.165) is 29.8 Å². The van der Waals surface area contributed by atoms with Crippen LogP contribution in [0, 0.1) is 0 Å². The summed E-state index contributed by atoms with van der Waals surface area (Å²) in [6.45, 7) is 4.47. The lowest BCUT2D eigenvalue weighted by Gasteiger charge is -2.37. The number of allylic oxidation sites excluding steroid dienone is 1. The van der Waals surface area contributed by atoms with Crippen molar-refractivity contribution >= 4 is 40.7 Å². The van der Waals surface area contributed by atoms with Crippen LogP contribution in [0.1, 0.15) is 48.4 Å². The highest BCUT2D eigenvalue weighted by atomic mass is 35.5. The van der Waals surface area contributed by atoms with Gasteiger partial charge in [0, 0.05) is 41.5 Å². The Balaban J connectivity index is 1.35. The minimum absolute atomic E-state index is 0.212. The Kier molecular flexibility index (Phi) is 6.16. The van der Waals surface area contributed by atoms with Crippen LogP contribution in [-0.2, 0) is 23.1 Å². The van der Waals surface area contributed by atoms with Gasteiger partial charge < -0.3 is 9.64 Å². The van der Waals surface area contributed by atoms with E-state index in [2.05, 4.69) is 47.7 Å². The number of para-hydroxylation sites is 1. The lowest BCUT2D eigenvalue weighted by molar-refractivity contribution is -0.401. The normalized spacial score (nSPS) is 20.2. The molecule has 0 aliphatic carbocycles. The first-order valence-corrected chi connectivity index (χ1v) is 13.6. The monoisotopic (exact) mass is 511 g/mol. The van der Waals surface area contributed by atoms with Crippen LogP contribution in [0.2, 0.25) is 5.02 Å². The third kappa shape index (κ3) is 4.38. The van der Waals surface area contributed by atoms with E-state index in [0.29, 0.717) is 10.8 Å². The first-order chi connectivity index (χ1) is 17.9. The number of carbonyl (C=O) groups excluding carboxylic acids is 1. The van der Waals surface area contributed by atoms with Gasteiger partial charge in [-0.2, -0.15) is 4.58 Å². The highest BCUT2D eigenvalue weighted by Crippen LogP contribution is 2.44. The summed E-state index contributed by atoms with van der Waals surface area (Å²) in [6, 6.07) is 19.9. The summed E-state index contributed by atoms with van der Waals surface area (Å²) in [5.74, 6) is 0.294. The van der Waals surface area contributed by atoms with Crippen LogP contribution in [0.4, 0.5) is 11.4 Å². The molecule has 0 radical (unpaired) electrons. The van der Waals surface area contributed by atoms with Gasteiger partial charge in [-0.05, 0) is 91.8 Å². The number of halogens is 1. The molecular weight excluding hydrogens is 480 g/mol. The van der Waals surface area contributed by atoms with Crippen LogP contribution >= 0.6 is 11.6 Å². The average molecular weight is 512 g/mol. The second-order valence-corrected chi connectivity index (χ2v) is 11.1. The Bertz CT molecular complexity index is 1410. The van der Waals surface area contributed by atoms with Crippen LogP contribution in [0.3, 0.4) is 0 Å². The van der Waals surface area contributed by atoms with Gasteiger partial charge in [0.1, 0.15) is 12.8 Å². The van der Waals surface area contributed by atoms with Gasteiger partial charge in [-0.3, -0.25) is 4.79 Å². The third-order valence-corrected chi connectivity index (χ3v) is 8.34.